The van der Waals surface area contributed by atoms with E-state index in [0.29, 0.717) is 12.0 Å². The molecule has 0 amide bonds. The minimum absolute atomic E-state index is 0.421. The van der Waals surface area contributed by atoms with Crippen molar-refractivity contribution in [1.29, 1.82) is 0 Å². The summed E-state index contributed by atoms with van der Waals surface area (Å²) in [6, 6.07) is 11.4. The molecule has 1 fully saturated rings. The quantitative estimate of drug-likeness (QED) is 0.946. The second-order valence-corrected chi connectivity index (χ2v) is 6.64. The number of fused-ring (bicyclic) bond motifs is 1. The third-order valence-electron chi connectivity index (χ3n) is 5.30. The summed E-state index contributed by atoms with van der Waals surface area (Å²) in [5.41, 5.74) is 4.01. The van der Waals surface area contributed by atoms with Crippen molar-refractivity contribution in [3.8, 4) is 0 Å². The molecule has 2 heterocycles. The molecular formula is C19H24N4. The number of rotatable bonds is 3. The highest BCUT2D eigenvalue weighted by Crippen LogP contribution is 2.38. The van der Waals surface area contributed by atoms with E-state index >= 15 is 0 Å². The number of nitrogens with one attached hydrogen (secondary N) is 1. The highest BCUT2D eigenvalue weighted by atomic mass is 15.2. The molecule has 0 radical (unpaired) electrons. The number of aromatic nitrogens is 2. The minimum atomic E-state index is 0.421. The van der Waals surface area contributed by atoms with Crippen LogP contribution in [0.5, 0.6) is 0 Å². The van der Waals surface area contributed by atoms with Gasteiger partial charge in [-0.2, -0.15) is 0 Å². The van der Waals surface area contributed by atoms with Crippen LogP contribution in [0.1, 0.15) is 42.0 Å². The van der Waals surface area contributed by atoms with Gasteiger partial charge in [0.25, 0.3) is 0 Å². The lowest BCUT2D eigenvalue weighted by Crippen LogP contribution is -2.31. The number of hydrogen-bond donors (Lipinski definition) is 1. The van der Waals surface area contributed by atoms with Crippen molar-refractivity contribution in [1.82, 2.24) is 15.3 Å². The maximum absolute atomic E-state index is 4.69. The summed E-state index contributed by atoms with van der Waals surface area (Å²) in [4.78, 5) is 11.8. The van der Waals surface area contributed by atoms with E-state index in [1.54, 1.807) is 6.33 Å². The van der Waals surface area contributed by atoms with E-state index in [2.05, 4.69) is 52.6 Å². The molecule has 2 aromatic rings. The largest absolute Gasteiger partial charge is 0.355 e. The molecule has 2 unspecified atom stereocenters. The van der Waals surface area contributed by atoms with Crippen molar-refractivity contribution in [3.05, 3.63) is 53.5 Å². The fourth-order valence-corrected chi connectivity index (χ4v) is 4.05. The number of likely N-dealkylation sites (N-methyl/N-ethyl adjacent to an activating group) is 1. The first-order valence-electron chi connectivity index (χ1n) is 8.67. The smallest absolute Gasteiger partial charge is 0.135 e. The highest BCUT2D eigenvalue weighted by Gasteiger charge is 2.30. The number of hydrogen-bond acceptors (Lipinski definition) is 4. The Morgan fingerprint density at radius 1 is 1.13 bits per heavy atom. The third-order valence-corrected chi connectivity index (χ3v) is 5.30. The van der Waals surface area contributed by atoms with Crippen LogP contribution >= 0.6 is 0 Å². The van der Waals surface area contributed by atoms with Gasteiger partial charge in [-0.15, -0.1) is 0 Å². The predicted molar refractivity (Wildman–Crippen MR) is 92.9 cm³/mol. The Morgan fingerprint density at radius 3 is 2.78 bits per heavy atom. The van der Waals surface area contributed by atoms with Crippen LogP contribution in [0.4, 0.5) is 5.82 Å². The first-order valence-corrected chi connectivity index (χ1v) is 8.67. The Kier molecular flexibility index (Phi) is 4.00. The lowest BCUT2D eigenvalue weighted by atomic mass is 9.82. The van der Waals surface area contributed by atoms with Crippen LogP contribution in [0, 0.1) is 0 Å². The maximum atomic E-state index is 4.69. The molecule has 1 N–H and O–H groups in total. The second kappa shape index (κ2) is 6.28. The molecule has 2 aliphatic rings. The Morgan fingerprint density at radius 2 is 2.00 bits per heavy atom. The molecule has 4 heteroatoms. The van der Waals surface area contributed by atoms with E-state index in [9.17, 15) is 0 Å². The average Bonchev–Trinajstić information content (AvgIpc) is 3.10. The van der Waals surface area contributed by atoms with Gasteiger partial charge in [-0.25, -0.2) is 9.97 Å². The highest BCUT2D eigenvalue weighted by molar-refractivity contribution is 5.53. The topological polar surface area (TPSA) is 41.0 Å². The molecule has 23 heavy (non-hydrogen) atoms. The summed E-state index contributed by atoms with van der Waals surface area (Å²) in [6.07, 6.45) is 6.47. The lowest BCUT2D eigenvalue weighted by Gasteiger charge is -2.29. The molecule has 2 atom stereocenters. The molecular weight excluding hydrogens is 284 g/mol. The van der Waals surface area contributed by atoms with E-state index in [1.807, 2.05) is 0 Å². The lowest BCUT2D eigenvalue weighted by molar-refractivity contribution is 0.591. The molecule has 0 saturated carbocycles. The average molecular weight is 308 g/mol. The molecule has 4 nitrogen and oxygen atoms in total. The summed E-state index contributed by atoms with van der Waals surface area (Å²) in [7, 11) is 2.05. The fraction of sp³-hybridized carbons (Fsp3) is 0.474. The Labute approximate surface area is 138 Å². The molecule has 4 rings (SSSR count). The molecule has 120 valence electrons. The van der Waals surface area contributed by atoms with Crippen LogP contribution in [0.3, 0.4) is 0 Å². The second-order valence-electron chi connectivity index (χ2n) is 6.64. The van der Waals surface area contributed by atoms with Crippen molar-refractivity contribution in [3.63, 3.8) is 0 Å². The zero-order chi connectivity index (χ0) is 15.6. The molecule has 1 aliphatic carbocycles. The zero-order valence-corrected chi connectivity index (χ0v) is 13.7. The van der Waals surface area contributed by atoms with Gasteiger partial charge in [-0.1, -0.05) is 30.3 Å². The molecule has 0 bridgehead atoms. The molecule has 1 saturated heterocycles. The van der Waals surface area contributed by atoms with Crippen molar-refractivity contribution >= 4 is 5.82 Å². The Bertz CT molecular complexity index is 670. The van der Waals surface area contributed by atoms with Gasteiger partial charge < -0.3 is 10.2 Å². The zero-order valence-electron chi connectivity index (χ0n) is 13.7. The first kappa shape index (κ1) is 14.6. The van der Waals surface area contributed by atoms with Crippen molar-refractivity contribution in [2.45, 2.75) is 37.6 Å². The summed E-state index contributed by atoms with van der Waals surface area (Å²) in [5, 5.41) is 3.39. The van der Waals surface area contributed by atoms with Crippen molar-refractivity contribution in [2.75, 3.05) is 25.0 Å². The minimum Gasteiger partial charge on any atom is -0.355 e. The fourth-order valence-electron chi connectivity index (χ4n) is 4.05. The molecule has 0 spiro atoms. The van der Waals surface area contributed by atoms with E-state index in [-0.39, 0.29) is 0 Å². The normalized spacial score (nSPS) is 23.8. The van der Waals surface area contributed by atoms with Crippen molar-refractivity contribution < 1.29 is 0 Å². The first-order chi connectivity index (χ1) is 11.4. The number of benzene rings is 1. The molecule has 1 aromatic heterocycles. The van der Waals surface area contributed by atoms with Crippen LogP contribution in [-0.2, 0) is 6.42 Å². The van der Waals surface area contributed by atoms with Gasteiger partial charge in [0.1, 0.15) is 12.1 Å². The monoisotopic (exact) mass is 308 g/mol. The third kappa shape index (κ3) is 2.72. The van der Waals surface area contributed by atoms with E-state index in [1.165, 1.54) is 41.9 Å². The van der Waals surface area contributed by atoms with Gasteiger partial charge >= 0.3 is 0 Å². The van der Waals surface area contributed by atoms with Gasteiger partial charge in [-0.3, -0.25) is 0 Å². The van der Waals surface area contributed by atoms with Gasteiger partial charge in [0.15, 0.2) is 0 Å². The summed E-state index contributed by atoms with van der Waals surface area (Å²) in [6.45, 7) is 2.14. The van der Waals surface area contributed by atoms with E-state index in [4.69, 9.17) is 4.98 Å². The van der Waals surface area contributed by atoms with Crippen LogP contribution in [0.15, 0.2) is 36.7 Å². The van der Waals surface area contributed by atoms with Gasteiger partial charge in [0.2, 0.25) is 0 Å². The van der Waals surface area contributed by atoms with Gasteiger partial charge in [-0.05, 0) is 38.3 Å². The molecule has 1 aliphatic heterocycles. The van der Waals surface area contributed by atoms with Crippen molar-refractivity contribution in [2.24, 2.45) is 0 Å². The number of nitrogens with zero attached hydrogens (tertiary/aromatic N) is 3. The van der Waals surface area contributed by atoms with Crippen LogP contribution in [0.2, 0.25) is 0 Å². The Balaban J connectivity index is 1.70. The van der Waals surface area contributed by atoms with Crippen LogP contribution < -0.4 is 10.2 Å². The predicted octanol–water partition coefficient (Wildman–Crippen LogP) is 2.74. The summed E-state index contributed by atoms with van der Waals surface area (Å²) in [5.74, 6) is 1.60. The number of anilines is 1. The SMILES string of the molecule is CNC1CCN(c2ncnc3c2CCCC3c2ccccc2)C1. The van der Waals surface area contributed by atoms with E-state index < -0.39 is 0 Å². The van der Waals surface area contributed by atoms with E-state index in [0.717, 1.165) is 19.5 Å². The van der Waals surface area contributed by atoms with Crippen LogP contribution in [-0.4, -0.2) is 36.1 Å². The summed E-state index contributed by atoms with van der Waals surface area (Å²) < 4.78 is 0. The van der Waals surface area contributed by atoms with Gasteiger partial charge in [0, 0.05) is 30.6 Å². The summed E-state index contributed by atoms with van der Waals surface area (Å²) >= 11 is 0. The molecule has 1 aromatic carbocycles. The Hall–Kier alpha value is -1.94. The standard InChI is InChI=1S/C19H24N4/c1-20-15-10-11-23(12-15)19-17-9-5-8-16(18(17)21-13-22-19)14-6-3-2-4-7-14/h2-4,6-7,13,15-16,20H,5,8-12H2,1H3. The van der Waals surface area contributed by atoms with Crippen LogP contribution in [0.25, 0.3) is 0 Å². The maximum Gasteiger partial charge on any atom is 0.135 e. The van der Waals surface area contributed by atoms with Gasteiger partial charge in [0.05, 0.1) is 5.69 Å².